The van der Waals surface area contributed by atoms with Gasteiger partial charge in [0.05, 0.1) is 6.61 Å². The molecular formula is C15H23NO4. The fraction of sp³-hybridized carbons (Fsp3) is 0.533. The van der Waals surface area contributed by atoms with E-state index >= 15 is 0 Å². The predicted molar refractivity (Wildman–Crippen MR) is 77.3 cm³/mol. The number of ether oxygens (including phenoxy) is 3. The highest BCUT2D eigenvalue weighted by atomic mass is 16.5. The summed E-state index contributed by atoms with van der Waals surface area (Å²) in [6, 6.07) is 5.65. The van der Waals surface area contributed by atoms with Crippen LogP contribution < -0.4 is 14.8 Å². The summed E-state index contributed by atoms with van der Waals surface area (Å²) in [5.41, 5.74) is 1.08. The summed E-state index contributed by atoms with van der Waals surface area (Å²) in [5.74, 6) is 1.05. The number of likely N-dealkylation sites (N-methyl/N-ethyl adjacent to an activating group) is 1. The van der Waals surface area contributed by atoms with Crippen LogP contribution in [0.2, 0.25) is 0 Å². The Morgan fingerprint density at radius 2 is 2.05 bits per heavy atom. The Morgan fingerprint density at radius 1 is 1.30 bits per heavy atom. The SMILES string of the molecule is CNC(=O)C(C)Oc1ccc(C)cc1OCCCOC. The van der Waals surface area contributed by atoms with E-state index in [0.717, 1.165) is 12.0 Å². The topological polar surface area (TPSA) is 56.8 Å². The van der Waals surface area contributed by atoms with Crippen molar-refractivity contribution in [1.82, 2.24) is 5.32 Å². The van der Waals surface area contributed by atoms with Gasteiger partial charge in [-0.2, -0.15) is 0 Å². The van der Waals surface area contributed by atoms with Crippen LogP contribution in [0.15, 0.2) is 18.2 Å². The number of benzene rings is 1. The van der Waals surface area contributed by atoms with Crippen LogP contribution in [0.3, 0.4) is 0 Å². The third-order valence-corrected chi connectivity index (χ3v) is 2.77. The molecule has 0 saturated carbocycles. The number of methoxy groups -OCH3 is 1. The first-order valence-corrected chi connectivity index (χ1v) is 6.69. The highest BCUT2D eigenvalue weighted by Crippen LogP contribution is 2.29. The highest BCUT2D eigenvalue weighted by Gasteiger charge is 2.15. The molecule has 0 fully saturated rings. The number of rotatable bonds is 8. The summed E-state index contributed by atoms with van der Waals surface area (Å²) < 4.78 is 16.3. The van der Waals surface area contributed by atoms with Crippen LogP contribution in [0.25, 0.3) is 0 Å². The molecule has 0 spiro atoms. The fourth-order valence-corrected chi connectivity index (χ4v) is 1.66. The molecule has 0 radical (unpaired) electrons. The summed E-state index contributed by atoms with van der Waals surface area (Å²) >= 11 is 0. The number of hydrogen-bond donors (Lipinski definition) is 1. The zero-order valence-corrected chi connectivity index (χ0v) is 12.6. The molecule has 0 aliphatic carbocycles. The molecular weight excluding hydrogens is 258 g/mol. The van der Waals surface area contributed by atoms with Gasteiger partial charge < -0.3 is 19.5 Å². The molecule has 1 rings (SSSR count). The zero-order valence-electron chi connectivity index (χ0n) is 12.6. The van der Waals surface area contributed by atoms with Gasteiger partial charge in [-0.05, 0) is 31.5 Å². The Bertz CT molecular complexity index is 434. The molecule has 1 aromatic rings. The van der Waals surface area contributed by atoms with Crippen molar-refractivity contribution < 1.29 is 19.0 Å². The van der Waals surface area contributed by atoms with Crippen LogP contribution in [0.5, 0.6) is 11.5 Å². The van der Waals surface area contributed by atoms with Gasteiger partial charge in [0, 0.05) is 27.2 Å². The van der Waals surface area contributed by atoms with Gasteiger partial charge in [-0.3, -0.25) is 4.79 Å². The number of hydrogen-bond acceptors (Lipinski definition) is 4. The normalized spacial score (nSPS) is 11.8. The summed E-state index contributed by atoms with van der Waals surface area (Å²) in [6.07, 6.45) is 0.235. The molecule has 0 aliphatic heterocycles. The minimum absolute atomic E-state index is 0.170. The van der Waals surface area contributed by atoms with Gasteiger partial charge in [0.25, 0.3) is 5.91 Å². The van der Waals surface area contributed by atoms with Crippen molar-refractivity contribution in [1.29, 1.82) is 0 Å². The van der Waals surface area contributed by atoms with Gasteiger partial charge >= 0.3 is 0 Å². The Hall–Kier alpha value is -1.75. The maximum atomic E-state index is 11.5. The Kier molecular flexibility index (Phi) is 6.87. The van der Waals surface area contributed by atoms with Crippen LogP contribution in [-0.2, 0) is 9.53 Å². The summed E-state index contributed by atoms with van der Waals surface area (Å²) in [6.45, 7) is 4.88. The molecule has 0 bridgehead atoms. The minimum atomic E-state index is -0.566. The van der Waals surface area contributed by atoms with Gasteiger partial charge in [0.1, 0.15) is 0 Å². The summed E-state index contributed by atoms with van der Waals surface area (Å²) in [5, 5.41) is 2.55. The van der Waals surface area contributed by atoms with Crippen molar-refractivity contribution in [3.05, 3.63) is 23.8 Å². The summed E-state index contributed by atoms with van der Waals surface area (Å²) in [7, 11) is 3.24. The first kappa shape index (κ1) is 16.3. The van der Waals surface area contributed by atoms with E-state index in [4.69, 9.17) is 14.2 Å². The van der Waals surface area contributed by atoms with Crippen molar-refractivity contribution in [2.24, 2.45) is 0 Å². The van der Waals surface area contributed by atoms with Crippen LogP contribution in [-0.4, -0.2) is 39.4 Å². The largest absolute Gasteiger partial charge is 0.490 e. The number of carbonyl (C=O) groups is 1. The van der Waals surface area contributed by atoms with Crippen molar-refractivity contribution in [2.45, 2.75) is 26.4 Å². The third kappa shape index (κ3) is 5.09. The van der Waals surface area contributed by atoms with Crippen LogP contribution >= 0.6 is 0 Å². The second-order valence-electron chi connectivity index (χ2n) is 4.52. The highest BCUT2D eigenvalue weighted by molar-refractivity contribution is 5.80. The van der Waals surface area contributed by atoms with Gasteiger partial charge in [-0.15, -0.1) is 0 Å². The Labute approximate surface area is 120 Å². The summed E-state index contributed by atoms with van der Waals surface area (Å²) in [4.78, 5) is 11.5. The van der Waals surface area contributed by atoms with Crippen LogP contribution in [0, 0.1) is 6.92 Å². The average Bonchev–Trinajstić information content (AvgIpc) is 2.45. The molecule has 1 aromatic carbocycles. The lowest BCUT2D eigenvalue weighted by Crippen LogP contribution is -2.33. The Balaban J connectivity index is 2.71. The maximum Gasteiger partial charge on any atom is 0.260 e. The molecule has 0 saturated heterocycles. The van der Waals surface area contributed by atoms with E-state index in [2.05, 4.69) is 5.32 Å². The lowest BCUT2D eigenvalue weighted by molar-refractivity contribution is -0.126. The van der Waals surface area contributed by atoms with Gasteiger partial charge in [-0.1, -0.05) is 6.07 Å². The van der Waals surface area contributed by atoms with E-state index in [-0.39, 0.29) is 5.91 Å². The fourth-order valence-electron chi connectivity index (χ4n) is 1.66. The lowest BCUT2D eigenvalue weighted by atomic mass is 10.2. The molecule has 5 nitrogen and oxygen atoms in total. The van der Waals surface area contributed by atoms with Gasteiger partial charge in [-0.25, -0.2) is 0 Å². The quantitative estimate of drug-likeness (QED) is 0.740. The van der Waals surface area contributed by atoms with Crippen LogP contribution in [0.4, 0.5) is 0 Å². The number of carbonyl (C=O) groups excluding carboxylic acids is 1. The molecule has 0 aromatic heterocycles. The monoisotopic (exact) mass is 281 g/mol. The lowest BCUT2D eigenvalue weighted by Gasteiger charge is -2.17. The van der Waals surface area contributed by atoms with Gasteiger partial charge in [0.15, 0.2) is 17.6 Å². The second-order valence-corrected chi connectivity index (χ2v) is 4.52. The molecule has 20 heavy (non-hydrogen) atoms. The molecule has 0 aliphatic rings. The average molecular weight is 281 g/mol. The minimum Gasteiger partial charge on any atom is -0.490 e. The molecule has 1 N–H and O–H groups in total. The second kappa shape index (κ2) is 8.43. The van der Waals surface area contributed by atoms with Gasteiger partial charge in [0.2, 0.25) is 0 Å². The first-order chi connectivity index (χ1) is 9.58. The van der Waals surface area contributed by atoms with E-state index in [1.807, 2.05) is 25.1 Å². The molecule has 1 unspecified atom stereocenters. The Morgan fingerprint density at radius 3 is 2.70 bits per heavy atom. The maximum absolute atomic E-state index is 11.5. The molecule has 0 heterocycles. The number of nitrogens with one attached hydrogen (secondary N) is 1. The van der Waals surface area contributed by atoms with E-state index in [9.17, 15) is 4.79 Å². The van der Waals surface area contributed by atoms with Crippen molar-refractivity contribution in [3.8, 4) is 11.5 Å². The predicted octanol–water partition coefficient (Wildman–Crippen LogP) is 1.92. The van der Waals surface area contributed by atoms with E-state index in [1.165, 1.54) is 0 Å². The van der Waals surface area contributed by atoms with Crippen molar-refractivity contribution >= 4 is 5.91 Å². The molecule has 1 atom stereocenters. The van der Waals surface area contributed by atoms with E-state index in [1.54, 1.807) is 21.1 Å². The number of amides is 1. The third-order valence-electron chi connectivity index (χ3n) is 2.77. The standard InChI is InChI=1S/C15H23NO4/c1-11-6-7-13(20-12(2)15(17)16-3)14(10-11)19-9-5-8-18-4/h6-7,10,12H,5,8-9H2,1-4H3,(H,16,17). The molecule has 1 amide bonds. The van der Waals surface area contributed by atoms with E-state index < -0.39 is 6.10 Å². The van der Waals surface area contributed by atoms with Crippen molar-refractivity contribution in [2.75, 3.05) is 27.4 Å². The van der Waals surface area contributed by atoms with Crippen LogP contribution in [0.1, 0.15) is 18.9 Å². The van der Waals surface area contributed by atoms with E-state index in [0.29, 0.717) is 24.7 Å². The molecule has 112 valence electrons. The molecule has 5 heteroatoms. The first-order valence-electron chi connectivity index (χ1n) is 6.69. The smallest absolute Gasteiger partial charge is 0.260 e. The zero-order chi connectivity index (χ0) is 15.0. The number of aryl methyl sites for hydroxylation is 1. The van der Waals surface area contributed by atoms with Crippen molar-refractivity contribution in [3.63, 3.8) is 0 Å².